The molecule has 4 amide bonds. The number of carbonyl (C=O) groups excluding carboxylic acids is 5. The third kappa shape index (κ3) is 15.5. The molecule has 14 heteroatoms. The number of benzene rings is 3. The summed E-state index contributed by atoms with van der Waals surface area (Å²) in [6.07, 6.45) is 4.03. The van der Waals surface area contributed by atoms with Gasteiger partial charge in [0.25, 0.3) is 0 Å². The van der Waals surface area contributed by atoms with Crippen LogP contribution in [0.2, 0.25) is 0 Å². The number of hydrogen-bond acceptors (Lipinski definition) is 9. The predicted octanol–water partition coefficient (Wildman–Crippen LogP) is 7.78. The van der Waals surface area contributed by atoms with Crippen molar-refractivity contribution in [1.82, 2.24) is 16.0 Å². The number of rotatable bonds is 11. The molecular weight excluding hydrogens is 808 g/mol. The van der Waals surface area contributed by atoms with Crippen molar-refractivity contribution in [2.75, 3.05) is 6.54 Å². The van der Waals surface area contributed by atoms with Crippen LogP contribution in [0.15, 0.2) is 78.9 Å². The number of hydrogen-bond donors (Lipinski definition) is 4. The summed E-state index contributed by atoms with van der Waals surface area (Å²) in [6, 6.07) is 20.1. The largest absolute Gasteiger partial charge is 0.460 e. The lowest BCUT2D eigenvalue weighted by Crippen LogP contribution is -2.60. The molecule has 0 spiro atoms. The van der Waals surface area contributed by atoms with E-state index < -0.39 is 83.8 Å². The summed E-state index contributed by atoms with van der Waals surface area (Å²) in [5.74, 6) is -5.34. The van der Waals surface area contributed by atoms with Gasteiger partial charge in [0.1, 0.15) is 17.2 Å². The highest BCUT2D eigenvalue weighted by atomic mass is 31.2. The molecule has 4 atom stereocenters. The maximum absolute atomic E-state index is 14.6. The minimum Gasteiger partial charge on any atom is -0.460 e. The van der Waals surface area contributed by atoms with Gasteiger partial charge in [-0.3, -0.25) is 28.5 Å². The van der Waals surface area contributed by atoms with Gasteiger partial charge in [-0.15, -0.1) is 0 Å². The molecule has 0 saturated carbocycles. The summed E-state index contributed by atoms with van der Waals surface area (Å²) >= 11 is 0. The highest BCUT2D eigenvalue weighted by Crippen LogP contribution is 2.57. The van der Waals surface area contributed by atoms with Crippen molar-refractivity contribution in [1.29, 1.82) is 0 Å². The maximum atomic E-state index is 14.6. The zero-order valence-corrected chi connectivity index (χ0v) is 39.2. The van der Waals surface area contributed by atoms with Crippen LogP contribution in [0.5, 0.6) is 0 Å². The van der Waals surface area contributed by atoms with E-state index in [-0.39, 0.29) is 25.0 Å². The first-order chi connectivity index (χ1) is 28.6. The lowest BCUT2D eigenvalue weighted by atomic mass is 9.81. The fourth-order valence-electron chi connectivity index (χ4n) is 7.42. The van der Waals surface area contributed by atoms with E-state index in [1.807, 2.05) is 102 Å². The third-order valence-corrected chi connectivity index (χ3v) is 12.3. The van der Waals surface area contributed by atoms with E-state index in [4.69, 9.17) is 19.5 Å². The van der Waals surface area contributed by atoms with Crippen LogP contribution in [0.1, 0.15) is 118 Å². The summed E-state index contributed by atoms with van der Waals surface area (Å²) in [5, 5.41) is 10.5. The molecule has 62 heavy (non-hydrogen) atoms. The van der Waals surface area contributed by atoms with Crippen molar-refractivity contribution >= 4 is 48.0 Å². The number of esters is 1. The molecule has 1 aliphatic rings. The number of nitrogens with two attached hydrogens (primary N) is 1. The SMILES string of the molecule is CC(C)(C)OC(=O)C[C@@H]1C(=O)NC(C)(C)C(=O)N[C@@H](CC(N)=O)C(=O)NC[C@H](Cc2cccc3ccccc23)C/C=C/[C@@H]1c1ccc(CP(=O)(OC(C)(C)C)OC(C)(C)C)cc1. The number of carbonyl (C=O) groups is 5. The summed E-state index contributed by atoms with van der Waals surface area (Å²) in [6.45, 7) is 19.2. The molecule has 0 aliphatic carbocycles. The van der Waals surface area contributed by atoms with Gasteiger partial charge in [-0.2, -0.15) is 0 Å². The second kappa shape index (κ2) is 20.1. The van der Waals surface area contributed by atoms with Gasteiger partial charge in [0, 0.05) is 12.5 Å². The van der Waals surface area contributed by atoms with E-state index in [9.17, 15) is 28.5 Å². The number of amides is 4. The lowest BCUT2D eigenvalue weighted by Gasteiger charge is -2.32. The Labute approximate surface area is 367 Å². The highest BCUT2D eigenvalue weighted by Gasteiger charge is 2.40. The third-order valence-electron chi connectivity index (χ3n) is 9.94. The van der Waals surface area contributed by atoms with Crippen LogP contribution in [0.25, 0.3) is 10.8 Å². The quantitative estimate of drug-likeness (QED) is 0.0846. The van der Waals surface area contributed by atoms with Crippen molar-refractivity contribution in [3.05, 3.63) is 95.6 Å². The minimum atomic E-state index is -3.66. The molecule has 0 radical (unpaired) electrons. The molecule has 5 N–H and O–H groups in total. The lowest BCUT2D eigenvalue weighted by molar-refractivity contribution is -0.157. The molecule has 338 valence electrons. The topological polar surface area (TPSA) is 192 Å². The molecule has 3 aromatic carbocycles. The van der Waals surface area contributed by atoms with Crippen LogP contribution in [-0.2, 0) is 54.9 Å². The van der Waals surface area contributed by atoms with Gasteiger partial charge >= 0.3 is 13.6 Å². The van der Waals surface area contributed by atoms with Gasteiger partial charge in [-0.25, -0.2) is 0 Å². The van der Waals surface area contributed by atoms with E-state index in [0.29, 0.717) is 24.0 Å². The summed E-state index contributed by atoms with van der Waals surface area (Å²) in [5.41, 5.74) is 3.98. The number of allylic oxidation sites excluding steroid dienone is 2. The normalized spacial score (nSPS) is 21.4. The molecule has 3 aromatic rings. The van der Waals surface area contributed by atoms with Gasteiger partial charge in [0.05, 0.1) is 36.1 Å². The minimum absolute atomic E-state index is 0.00817. The van der Waals surface area contributed by atoms with Crippen LogP contribution >= 0.6 is 7.60 Å². The smallest absolute Gasteiger partial charge is 0.336 e. The van der Waals surface area contributed by atoms with Crippen molar-refractivity contribution in [2.24, 2.45) is 17.6 Å². The molecule has 1 heterocycles. The zero-order valence-electron chi connectivity index (χ0n) is 38.3. The first-order valence-electron chi connectivity index (χ1n) is 21.3. The van der Waals surface area contributed by atoms with Crippen LogP contribution in [0.4, 0.5) is 0 Å². The Kier molecular flexibility index (Phi) is 16.2. The second-order valence-corrected chi connectivity index (χ2v) is 21.7. The Morgan fingerprint density at radius 2 is 1.42 bits per heavy atom. The van der Waals surface area contributed by atoms with Crippen LogP contribution in [0.3, 0.4) is 0 Å². The Bertz CT molecular complexity index is 2140. The van der Waals surface area contributed by atoms with Gasteiger partial charge in [-0.1, -0.05) is 78.9 Å². The molecular formula is C48H67N4O9P. The second-order valence-electron chi connectivity index (χ2n) is 19.8. The van der Waals surface area contributed by atoms with E-state index in [1.54, 1.807) is 32.9 Å². The number of fused-ring (bicyclic) bond motifs is 1. The van der Waals surface area contributed by atoms with Crippen LogP contribution in [-0.4, -0.2) is 64.5 Å². The standard InChI is InChI=1S/C48H67N4O9P/c1-45(2,3)59-41(54)27-38-37(34-24-22-31(23-25-34)30-62(58,60-46(4,5)6)61-47(7,8)9)21-14-16-32(26-35-19-15-18-33-17-12-13-20-36(33)35)29-50-43(56)39(28-40(49)53)51-44(57)48(10,11)52-42(38)55/h12-15,17-25,32,37-39H,16,26-30H2,1-11H3,(H2,49,53)(H,50,56)(H,51,57)(H,52,55)/b21-14+/t32-,37+,38-,39-/m0/s1. The number of primary amides is 1. The Balaban J connectivity index is 1.85. The fraction of sp³-hybridized carbons (Fsp3) is 0.521. The maximum Gasteiger partial charge on any atom is 0.336 e. The monoisotopic (exact) mass is 874 g/mol. The van der Waals surface area contributed by atoms with Crippen LogP contribution < -0.4 is 21.7 Å². The zero-order chi connectivity index (χ0) is 46.3. The predicted molar refractivity (Wildman–Crippen MR) is 242 cm³/mol. The molecule has 0 unspecified atom stereocenters. The molecule has 0 aromatic heterocycles. The van der Waals surface area contributed by atoms with E-state index in [2.05, 4.69) is 22.0 Å². The average Bonchev–Trinajstić information content (AvgIpc) is 3.11. The molecule has 0 bridgehead atoms. The van der Waals surface area contributed by atoms with E-state index in [0.717, 1.165) is 16.3 Å². The van der Waals surface area contributed by atoms with E-state index >= 15 is 0 Å². The van der Waals surface area contributed by atoms with Crippen molar-refractivity contribution in [2.45, 2.75) is 142 Å². The average molecular weight is 875 g/mol. The van der Waals surface area contributed by atoms with Gasteiger partial charge in [0.15, 0.2) is 0 Å². The Hall–Kier alpha value is -4.84. The Morgan fingerprint density at radius 3 is 2.02 bits per heavy atom. The molecule has 0 fully saturated rings. The number of ether oxygens (including phenoxy) is 1. The van der Waals surface area contributed by atoms with Crippen molar-refractivity contribution < 1.29 is 42.3 Å². The highest BCUT2D eigenvalue weighted by molar-refractivity contribution is 7.53. The van der Waals surface area contributed by atoms with Gasteiger partial charge in [-0.05, 0) is 122 Å². The van der Waals surface area contributed by atoms with Crippen LogP contribution in [0, 0.1) is 11.8 Å². The van der Waals surface area contributed by atoms with Gasteiger partial charge < -0.3 is 35.5 Å². The molecule has 0 saturated heterocycles. The molecule has 13 nitrogen and oxygen atoms in total. The molecule has 4 rings (SSSR count). The van der Waals surface area contributed by atoms with Crippen molar-refractivity contribution in [3.8, 4) is 0 Å². The first-order valence-corrected chi connectivity index (χ1v) is 23.0. The van der Waals surface area contributed by atoms with E-state index in [1.165, 1.54) is 13.8 Å². The summed E-state index contributed by atoms with van der Waals surface area (Å²) < 4.78 is 32.0. The fourth-order valence-corrected chi connectivity index (χ4v) is 9.92. The summed E-state index contributed by atoms with van der Waals surface area (Å²) in [4.78, 5) is 67.9. The Morgan fingerprint density at radius 1 is 0.806 bits per heavy atom. The molecule has 1 aliphatic heterocycles. The van der Waals surface area contributed by atoms with Gasteiger partial charge in [0.2, 0.25) is 23.6 Å². The first kappa shape index (κ1) is 49.8. The number of nitrogens with one attached hydrogen (secondary N) is 3. The van der Waals surface area contributed by atoms with Crippen molar-refractivity contribution in [3.63, 3.8) is 0 Å². The summed E-state index contributed by atoms with van der Waals surface area (Å²) in [7, 11) is -3.66.